The number of nitrogens with zero attached hydrogens (tertiary/aromatic N) is 3. The molecule has 1 aromatic heterocycles. The van der Waals surface area contributed by atoms with Crippen LogP contribution in [0.2, 0.25) is 0 Å². The van der Waals surface area contributed by atoms with E-state index in [0.717, 1.165) is 12.8 Å². The van der Waals surface area contributed by atoms with Gasteiger partial charge in [-0.05, 0) is 30.9 Å². The van der Waals surface area contributed by atoms with Crippen molar-refractivity contribution in [2.45, 2.75) is 12.8 Å². The number of aromatic nitrogens is 1. The highest BCUT2D eigenvalue weighted by Crippen LogP contribution is 2.18. The highest BCUT2D eigenvalue weighted by atomic mass is 16.3. The van der Waals surface area contributed by atoms with Gasteiger partial charge in [-0.3, -0.25) is 4.79 Å². The fourth-order valence-corrected chi connectivity index (χ4v) is 2.21. The Hall–Kier alpha value is -1.93. The van der Waals surface area contributed by atoms with Crippen LogP contribution < -0.4 is 0 Å². The number of nitriles is 1. The quantitative estimate of drug-likeness (QED) is 0.836. The minimum Gasteiger partial charge on any atom is -0.396 e. The first-order chi connectivity index (χ1) is 8.74. The maximum absolute atomic E-state index is 12.2. The summed E-state index contributed by atoms with van der Waals surface area (Å²) in [5, 5.41) is 17.9. The lowest BCUT2D eigenvalue weighted by Gasteiger charge is -2.31. The molecule has 1 fully saturated rings. The fraction of sp³-hybridized carbons (Fsp3) is 0.462. The van der Waals surface area contributed by atoms with Crippen LogP contribution in [0.5, 0.6) is 0 Å². The molecule has 1 aliphatic heterocycles. The van der Waals surface area contributed by atoms with Crippen molar-refractivity contribution in [1.29, 1.82) is 5.26 Å². The van der Waals surface area contributed by atoms with Gasteiger partial charge in [-0.15, -0.1) is 0 Å². The van der Waals surface area contributed by atoms with Crippen LogP contribution in [0, 0.1) is 17.2 Å². The number of likely N-dealkylation sites (tertiary alicyclic amines) is 1. The number of aliphatic hydroxyl groups is 1. The van der Waals surface area contributed by atoms with Crippen molar-refractivity contribution in [3.63, 3.8) is 0 Å². The molecule has 2 heterocycles. The predicted octanol–water partition coefficient (Wildman–Crippen LogP) is 0.798. The molecule has 1 atom stereocenters. The molecular formula is C13H15N3O2. The van der Waals surface area contributed by atoms with E-state index in [4.69, 9.17) is 10.4 Å². The average molecular weight is 245 g/mol. The largest absolute Gasteiger partial charge is 0.396 e. The summed E-state index contributed by atoms with van der Waals surface area (Å²) in [6, 6.07) is 5.04. The molecule has 1 N–H and O–H groups in total. The number of amides is 1. The van der Waals surface area contributed by atoms with Crippen molar-refractivity contribution in [2.75, 3.05) is 19.7 Å². The van der Waals surface area contributed by atoms with Crippen LogP contribution in [-0.4, -0.2) is 40.6 Å². The van der Waals surface area contributed by atoms with E-state index >= 15 is 0 Å². The van der Waals surface area contributed by atoms with Gasteiger partial charge >= 0.3 is 0 Å². The lowest BCUT2D eigenvalue weighted by Crippen LogP contribution is -2.40. The molecule has 0 saturated carbocycles. The summed E-state index contributed by atoms with van der Waals surface area (Å²) >= 11 is 0. The van der Waals surface area contributed by atoms with Crippen LogP contribution in [0.3, 0.4) is 0 Å². The topological polar surface area (TPSA) is 77.2 Å². The number of hydrogen-bond donors (Lipinski definition) is 1. The molecule has 18 heavy (non-hydrogen) atoms. The van der Waals surface area contributed by atoms with Gasteiger partial charge in [-0.25, -0.2) is 4.98 Å². The Labute approximate surface area is 106 Å². The van der Waals surface area contributed by atoms with E-state index in [2.05, 4.69) is 4.98 Å². The summed E-state index contributed by atoms with van der Waals surface area (Å²) in [5.41, 5.74) is 0.733. The summed E-state index contributed by atoms with van der Waals surface area (Å²) in [6.45, 7) is 1.41. The van der Waals surface area contributed by atoms with Gasteiger partial charge in [0.25, 0.3) is 5.91 Å². The molecular weight excluding hydrogens is 230 g/mol. The summed E-state index contributed by atoms with van der Waals surface area (Å²) in [6.07, 6.45) is 3.34. The lowest BCUT2D eigenvalue weighted by molar-refractivity contribution is 0.0620. The zero-order valence-electron chi connectivity index (χ0n) is 10.0. The van der Waals surface area contributed by atoms with Crippen molar-refractivity contribution < 1.29 is 9.90 Å². The third-order valence-electron chi connectivity index (χ3n) is 3.19. The molecule has 2 rings (SSSR count). The Balaban J connectivity index is 2.13. The molecule has 0 radical (unpaired) electrons. The molecule has 0 bridgehead atoms. The van der Waals surface area contributed by atoms with Crippen LogP contribution in [0.1, 0.15) is 28.9 Å². The number of aliphatic hydroxyl groups excluding tert-OH is 1. The molecule has 1 aliphatic rings. The normalized spacial score (nSPS) is 19.3. The lowest BCUT2D eigenvalue weighted by atomic mass is 9.98. The zero-order chi connectivity index (χ0) is 13.0. The Bertz CT molecular complexity index is 481. The Morgan fingerprint density at radius 3 is 3.22 bits per heavy atom. The number of carbonyl (C=O) groups excluding carboxylic acids is 1. The number of hydrogen-bond acceptors (Lipinski definition) is 4. The van der Waals surface area contributed by atoms with E-state index in [1.165, 1.54) is 12.3 Å². The van der Waals surface area contributed by atoms with Crippen molar-refractivity contribution in [3.05, 3.63) is 29.6 Å². The molecule has 1 saturated heterocycles. The monoisotopic (exact) mass is 245 g/mol. The Morgan fingerprint density at radius 2 is 2.50 bits per heavy atom. The molecule has 1 aromatic rings. The molecule has 0 aliphatic carbocycles. The third-order valence-corrected chi connectivity index (χ3v) is 3.19. The standard InChI is InChI=1S/C13H15N3O2/c14-7-12-6-11(3-4-15-12)13(18)16-5-1-2-10(8-16)9-17/h3-4,6,10,17H,1-2,5,8-9H2. The second-order valence-corrected chi connectivity index (χ2v) is 4.48. The van der Waals surface area contributed by atoms with E-state index in [9.17, 15) is 4.79 Å². The number of carbonyl (C=O) groups is 1. The van der Waals surface area contributed by atoms with Crippen molar-refractivity contribution in [3.8, 4) is 6.07 Å². The van der Waals surface area contributed by atoms with Gasteiger partial charge in [0.2, 0.25) is 0 Å². The summed E-state index contributed by atoms with van der Waals surface area (Å²) in [5.74, 6) is 0.0759. The van der Waals surface area contributed by atoms with E-state index in [0.29, 0.717) is 18.7 Å². The first-order valence-corrected chi connectivity index (χ1v) is 6.01. The van der Waals surface area contributed by atoms with Gasteiger partial charge in [0, 0.05) is 31.5 Å². The van der Waals surface area contributed by atoms with Crippen LogP contribution in [0.15, 0.2) is 18.3 Å². The van der Waals surface area contributed by atoms with E-state index in [1.807, 2.05) is 6.07 Å². The Morgan fingerprint density at radius 1 is 1.67 bits per heavy atom. The van der Waals surface area contributed by atoms with E-state index in [1.54, 1.807) is 11.0 Å². The highest BCUT2D eigenvalue weighted by Gasteiger charge is 2.24. The summed E-state index contributed by atoms with van der Waals surface area (Å²) < 4.78 is 0. The first kappa shape index (κ1) is 12.5. The molecule has 5 heteroatoms. The minimum absolute atomic E-state index is 0.0907. The molecule has 0 spiro atoms. The smallest absolute Gasteiger partial charge is 0.254 e. The summed E-state index contributed by atoms with van der Waals surface area (Å²) in [4.78, 5) is 17.8. The number of piperidine rings is 1. The SMILES string of the molecule is N#Cc1cc(C(=O)N2CCCC(CO)C2)ccn1. The number of rotatable bonds is 2. The van der Waals surface area contributed by atoms with Crippen molar-refractivity contribution >= 4 is 5.91 Å². The van der Waals surface area contributed by atoms with Gasteiger partial charge < -0.3 is 10.0 Å². The minimum atomic E-state index is -0.0907. The Kier molecular flexibility index (Phi) is 3.90. The van der Waals surface area contributed by atoms with Gasteiger partial charge in [-0.2, -0.15) is 5.26 Å². The molecule has 0 aromatic carbocycles. The maximum Gasteiger partial charge on any atom is 0.254 e. The van der Waals surface area contributed by atoms with Gasteiger partial charge in [0.05, 0.1) is 0 Å². The zero-order valence-corrected chi connectivity index (χ0v) is 10.0. The van der Waals surface area contributed by atoms with Gasteiger partial charge in [-0.1, -0.05) is 0 Å². The van der Waals surface area contributed by atoms with Crippen LogP contribution >= 0.6 is 0 Å². The second-order valence-electron chi connectivity index (χ2n) is 4.48. The number of pyridine rings is 1. The fourth-order valence-electron chi connectivity index (χ4n) is 2.21. The van der Waals surface area contributed by atoms with Crippen LogP contribution in [0.4, 0.5) is 0 Å². The average Bonchev–Trinajstić information content (AvgIpc) is 2.46. The van der Waals surface area contributed by atoms with E-state index in [-0.39, 0.29) is 24.1 Å². The molecule has 5 nitrogen and oxygen atoms in total. The van der Waals surface area contributed by atoms with Crippen LogP contribution in [-0.2, 0) is 0 Å². The highest BCUT2D eigenvalue weighted by molar-refractivity contribution is 5.94. The predicted molar refractivity (Wildman–Crippen MR) is 64.7 cm³/mol. The van der Waals surface area contributed by atoms with Crippen molar-refractivity contribution in [2.24, 2.45) is 5.92 Å². The van der Waals surface area contributed by atoms with Gasteiger partial charge in [0.1, 0.15) is 11.8 Å². The van der Waals surface area contributed by atoms with Crippen molar-refractivity contribution in [1.82, 2.24) is 9.88 Å². The van der Waals surface area contributed by atoms with Gasteiger partial charge in [0.15, 0.2) is 0 Å². The van der Waals surface area contributed by atoms with Crippen LogP contribution in [0.25, 0.3) is 0 Å². The maximum atomic E-state index is 12.2. The molecule has 1 amide bonds. The summed E-state index contributed by atoms with van der Waals surface area (Å²) in [7, 11) is 0. The second kappa shape index (κ2) is 5.61. The molecule has 94 valence electrons. The third kappa shape index (κ3) is 2.66. The first-order valence-electron chi connectivity index (χ1n) is 6.01. The van der Waals surface area contributed by atoms with E-state index < -0.39 is 0 Å². The molecule has 1 unspecified atom stereocenters.